The number of amides is 1. The van der Waals surface area contributed by atoms with Gasteiger partial charge < -0.3 is 10.8 Å². The van der Waals surface area contributed by atoms with E-state index in [1.165, 1.54) is 0 Å². The van der Waals surface area contributed by atoms with Crippen LogP contribution in [0, 0.1) is 5.92 Å². The molecule has 0 aromatic rings. The van der Waals surface area contributed by atoms with Gasteiger partial charge in [0.15, 0.2) is 0 Å². The van der Waals surface area contributed by atoms with Gasteiger partial charge in [0.2, 0.25) is 5.91 Å². The molecule has 0 aliphatic carbocycles. The quantitative estimate of drug-likeness (QED) is 0.633. The summed E-state index contributed by atoms with van der Waals surface area (Å²) in [6, 6.07) is 0. The highest BCUT2D eigenvalue weighted by molar-refractivity contribution is 5.76. The summed E-state index contributed by atoms with van der Waals surface area (Å²) in [5.74, 6) is -0.435. The first-order chi connectivity index (χ1) is 4.83. The van der Waals surface area contributed by atoms with Crippen molar-refractivity contribution in [1.29, 1.82) is 0 Å². The highest BCUT2D eigenvalue weighted by Crippen LogP contribution is 2.14. The molecular weight excluding hydrogens is 142 g/mol. The summed E-state index contributed by atoms with van der Waals surface area (Å²) < 4.78 is 0. The molecule has 0 rings (SSSR count). The maximum absolute atomic E-state index is 10.6. The lowest BCUT2D eigenvalue weighted by atomic mass is 9.96. The van der Waals surface area contributed by atoms with Crippen LogP contribution >= 0.6 is 0 Å². The predicted octanol–water partition coefficient (Wildman–Crippen LogP) is 0.659. The van der Waals surface area contributed by atoms with Crippen molar-refractivity contribution in [3.05, 3.63) is 0 Å². The number of primary amides is 1. The molecular formula is C8H17NO2. The van der Waals surface area contributed by atoms with Crippen LogP contribution < -0.4 is 5.73 Å². The van der Waals surface area contributed by atoms with E-state index in [1.807, 2.05) is 0 Å². The van der Waals surface area contributed by atoms with E-state index >= 15 is 0 Å². The Morgan fingerprint density at radius 2 is 2.09 bits per heavy atom. The molecule has 0 aliphatic heterocycles. The zero-order chi connectivity index (χ0) is 9.07. The molecule has 1 amide bonds. The molecule has 0 spiro atoms. The van der Waals surface area contributed by atoms with Crippen LogP contribution in [0.25, 0.3) is 0 Å². The van der Waals surface area contributed by atoms with Crippen molar-refractivity contribution in [2.75, 3.05) is 0 Å². The summed E-state index contributed by atoms with van der Waals surface area (Å²) in [5.41, 5.74) is 4.35. The molecule has 0 radical (unpaired) electrons. The fourth-order valence-electron chi connectivity index (χ4n) is 0.712. The van der Waals surface area contributed by atoms with Crippen LogP contribution in [-0.4, -0.2) is 16.6 Å². The van der Waals surface area contributed by atoms with Gasteiger partial charge in [-0.3, -0.25) is 4.79 Å². The average molecular weight is 159 g/mol. The van der Waals surface area contributed by atoms with Gasteiger partial charge in [-0.1, -0.05) is 6.92 Å². The molecule has 0 fully saturated rings. The summed E-state index contributed by atoms with van der Waals surface area (Å²) in [4.78, 5) is 10.6. The molecule has 0 bridgehead atoms. The van der Waals surface area contributed by atoms with Crippen molar-refractivity contribution in [1.82, 2.24) is 0 Å². The van der Waals surface area contributed by atoms with Crippen LogP contribution in [0.4, 0.5) is 0 Å². The SMILES string of the molecule is CC(CCC(C)(C)O)C(N)=O. The first-order valence-corrected chi connectivity index (χ1v) is 3.84. The Bertz CT molecular complexity index is 138. The zero-order valence-corrected chi connectivity index (χ0v) is 7.42. The fraction of sp³-hybridized carbons (Fsp3) is 0.875. The second kappa shape index (κ2) is 3.72. The van der Waals surface area contributed by atoms with Crippen LogP contribution in [0.1, 0.15) is 33.6 Å². The number of carbonyl (C=O) groups is 1. The molecule has 0 saturated carbocycles. The molecule has 3 heteroatoms. The molecule has 1 unspecified atom stereocenters. The third-order valence-electron chi connectivity index (χ3n) is 1.67. The summed E-state index contributed by atoms with van der Waals surface area (Å²) in [6.07, 6.45) is 1.26. The fourth-order valence-corrected chi connectivity index (χ4v) is 0.712. The van der Waals surface area contributed by atoms with Crippen LogP contribution in [0.3, 0.4) is 0 Å². The van der Waals surface area contributed by atoms with Gasteiger partial charge in [0.05, 0.1) is 5.60 Å². The third-order valence-corrected chi connectivity index (χ3v) is 1.67. The van der Waals surface area contributed by atoms with Gasteiger partial charge in [-0.2, -0.15) is 0 Å². The molecule has 11 heavy (non-hydrogen) atoms. The molecule has 0 aromatic heterocycles. The van der Waals surface area contributed by atoms with Gasteiger partial charge in [0, 0.05) is 5.92 Å². The molecule has 3 nitrogen and oxygen atoms in total. The van der Waals surface area contributed by atoms with Crippen molar-refractivity contribution in [3.63, 3.8) is 0 Å². The topological polar surface area (TPSA) is 63.3 Å². The van der Waals surface area contributed by atoms with E-state index < -0.39 is 5.60 Å². The summed E-state index contributed by atoms with van der Waals surface area (Å²) >= 11 is 0. The Kier molecular flexibility index (Phi) is 3.52. The first-order valence-electron chi connectivity index (χ1n) is 3.84. The van der Waals surface area contributed by atoms with Gasteiger partial charge in [0.25, 0.3) is 0 Å². The Morgan fingerprint density at radius 3 is 2.36 bits per heavy atom. The standard InChI is InChI=1S/C8H17NO2/c1-6(7(9)10)4-5-8(2,3)11/h6,11H,4-5H2,1-3H3,(H2,9,10). The lowest BCUT2D eigenvalue weighted by molar-refractivity contribution is -0.121. The summed E-state index contributed by atoms with van der Waals surface area (Å²) in [6.45, 7) is 5.22. The largest absolute Gasteiger partial charge is 0.390 e. The minimum atomic E-state index is -0.691. The maximum Gasteiger partial charge on any atom is 0.220 e. The normalized spacial score (nSPS) is 14.5. The minimum absolute atomic E-state index is 0.138. The lowest BCUT2D eigenvalue weighted by Crippen LogP contribution is -2.25. The number of hydrogen-bond acceptors (Lipinski definition) is 2. The summed E-state index contributed by atoms with van der Waals surface area (Å²) in [7, 11) is 0. The van der Waals surface area contributed by atoms with E-state index in [9.17, 15) is 9.90 Å². The molecule has 3 N–H and O–H groups in total. The van der Waals surface area contributed by atoms with Crippen LogP contribution in [0.5, 0.6) is 0 Å². The first kappa shape index (κ1) is 10.4. The van der Waals surface area contributed by atoms with Gasteiger partial charge in [-0.25, -0.2) is 0 Å². The maximum atomic E-state index is 10.6. The smallest absolute Gasteiger partial charge is 0.220 e. The van der Waals surface area contributed by atoms with Crippen molar-refractivity contribution < 1.29 is 9.90 Å². The molecule has 66 valence electrons. The van der Waals surface area contributed by atoms with E-state index in [-0.39, 0.29) is 11.8 Å². The summed E-state index contributed by atoms with van der Waals surface area (Å²) in [5, 5.41) is 9.30. The lowest BCUT2D eigenvalue weighted by Gasteiger charge is -2.18. The number of hydrogen-bond donors (Lipinski definition) is 2. The minimum Gasteiger partial charge on any atom is -0.390 e. The zero-order valence-electron chi connectivity index (χ0n) is 7.42. The highest BCUT2D eigenvalue weighted by Gasteiger charge is 2.16. The highest BCUT2D eigenvalue weighted by atomic mass is 16.3. The Labute approximate surface area is 67.6 Å². The van der Waals surface area contributed by atoms with E-state index in [2.05, 4.69) is 0 Å². The number of nitrogens with two attached hydrogens (primary N) is 1. The Balaban J connectivity index is 3.63. The van der Waals surface area contributed by atoms with Gasteiger partial charge in [-0.05, 0) is 26.7 Å². The van der Waals surface area contributed by atoms with Crippen molar-refractivity contribution in [2.45, 2.75) is 39.2 Å². The van der Waals surface area contributed by atoms with Crippen LogP contribution in [0.15, 0.2) is 0 Å². The Morgan fingerprint density at radius 1 is 1.64 bits per heavy atom. The van der Waals surface area contributed by atoms with Gasteiger partial charge in [-0.15, -0.1) is 0 Å². The third kappa shape index (κ3) is 5.85. The second-order valence-electron chi connectivity index (χ2n) is 3.65. The van der Waals surface area contributed by atoms with E-state index in [0.29, 0.717) is 12.8 Å². The Hall–Kier alpha value is -0.570. The molecule has 1 atom stereocenters. The molecule has 0 aromatic carbocycles. The number of rotatable bonds is 4. The predicted molar refractivity (Wildman–Crippen MR) is 43.9 cm³/mol. The molecule has 0 saturated heterocycles. The second-order valence-corrected chi connectivity index (χ2v) is 3.65. The van der Waals surface area contributed by atoms with E-state index in [4.69, 9.17) is 5.73 Å². The van der Waals surface area contributed by atoms with Crippen molar-refractivity contribution in [2.24, 2.45) is 11.7 Å². The van der Waals surface area contributed by atoms with E-state index in [1.54, 1.807) is 20.8 Å². The van der Waals surface area contributed by atoms with Gasteiger partial charge in [0.1, 0.15) is 0 Å². The van der Waals surface area contributed by atoms with E-state index in [0.717, 1.165) is 0 Å². The number of aliphatic hydroxyl groups is 1. The number of carbonyl (C=O) groups excluding carboxylic acids is 1. The molecule has 0 heterocycles. The monoisotopic (exact) mass is 159 g/mol. The van der Waals surface area contributed by atoms with Crippen molar-refractivity contribution in [3.8, 4) is 0 Å². The van der Waals surface area contributed by atoms with Crippen LogP contribution in [0.2, 0.25) is 0 Å². The molecule has 0 aliphatic rings. The average Bonchev–Trinajstić information content (AvgIpc) is 1.80. The van der Waals surface area contributed by atoms with Gasteiger partial charge >= 0.3 is 0 Å². The van der Waals surface area contributed by atoms with Crippen LogP contribution in [-0.2, 0) is 4.79 Å². The van der Waals surface area contributed by atoms with Crippen molar-refractivity contribution >= 4 is 5.91 Å².